The number of aryl methyl sites for hydroxylation is 1. The van der Waals surface area contributed by atoms with E-state index in [1.165, 1.54) is 12.3 Å². The van der Waals surface area contributed by atoms with Gasteiger partial charge in [0.05, 0.1) is 6.20 Å². The highest BCUT2D eigenvalue weighted by molar-refractivity contribution is 5.87. The summed E-state index contributed by atoms with van der Waals surface area (Å²) in [6, 6.07) is 8.86. The molecule has 7 nitrogen and oxygen atoms in total. The van der Waals surface area contributed by atoms with Gasteiger partial charge in [0, 0.05) is 30.1 Å². The van der Waals surface area contributed by atoms with Crippen LogP contribution in [0.3, 0.4) is 0 Å². The number of aromatic carboxylic acids is 1. The highest BCUT2D eigenvalue weighted by Gasteiger charge is 2.13. The van der Waals surface area contributed by atoms with E-state index < -0.39 is 5.97 Å². The van der Waals surface area contributed by atoms with Gasteiger partial charge in [-0.25, -0.2) is 14.8 Å². The van der Waals surface area contributed by atoms with Gasteiger partial charge in [0.2, 0.25) is 5.89 Å². The van der Waals surface area contributed by atoms with E-state index in [-0.39, 0.29) is 5.69 Å². The van der Waals surface area contributed by atoms with Crippen molar-refractivity contribution < 1.29 is 14.3 Å². The largest absolute Gasteiger partial charge is 0.477 e. The van der Waals surface area contributed by atoms with Crippen molar-refractivity contribution in [2.75, 3.05) is 0 Å². The highest BCUT2D eigenvalue weighted by atomic mass is 16.4. The third kappa shape index (κ3) is 2.55. The van der Waals surface area contributed by atoms with E-state index in [0.717, 1.165) is 16.8 Å². The van der Waals surface area contributed by atoms with Crippen molar-refractivity contribution in [1.29, 1.82) is 0 Å². The number of carboxylic acid groups (broad SMARTS) is 1. The lowest BCUT2D eigenvalue weighted by atomic mass is 10.1. The van der Waals surface area contributed by atoms with Gasteiger partial charge in [-0.05, 0) is 36.8 Å². The first-order chi connectivity index (χ1) is 12.0. The van der Waals surface area contributed by atoms with Crippen molar-refractivity contribution in [1.82, 2.24) is 19.7 Å². The molecular weight excluding hydrogens is 320 g/mol. The Morgan fingerprint density at radius 1 is 1.20 bits per heavy atom. The van der Waals surface area contributed by atoms with Gasteiger partial charge >= 0.3 is 5.97 Å². The second-order valence-electron chi connectivity index (χ2n) is 5.70. The van der Waals surface area contributed by atoms with Crippen LogP contribution in [0, 0.1) is 6.92 Å². The molecule has 0 atom stereocenters. The standard InChI is InChI=1S/C18H14N4O3/c1-10-13(9-20-22(10)2)11-3-4-16-14(7-11)21-17(25-16)12-5-6-19-15(8-12)18(23)24/h3-9H,1-2H3,(H,23,24). The molecule has 1 N–H and O–H groups in total. The second kappa shape index (κ2) is 5.55. The van der Waals surface area contributed by atoms with Crippen molar-refractivity contribution in [2.45, 2.75) is 6.92 Å². The number of hydrogen-bond acceptors (Lipinski definition) is 5. The lowest BCUT2D eigenvalue weighted by molar-refractivity contribution is 0.0690. The van der Waals surface area contributed by atoms with Crippen LogP contribution in [-0.4, -0.2) is 30.8 Å². The van der Waals surface area contributed by atoms with Crippen molar-refractivity contribution in [3.8, 4) is 22.6 Å². The molecule has 0 amide bonds. The molecule has 0 bridgehead atoms. The Morgan fingerprint density at radius 2 is 2.04 bits per heavy atom. The number of rotatable bonds is 3. The van der Waals surface area contributed by atoms with Crippen LogP contribution in [0.1, 0.15) is 16.2 Å². The van der Waals surface area contributed by atoms with Crippen molar-refractivity contribution in [3.05, 3.63) is 54.1 Å². The van der Waals surface area contributed by atoms with Crippen LogP contribution in [0.4, 0.5) is 0 Å². The Bertz CT molecular complexity index is 1110. The van der Waals surface area contributed by atoms with Crippen LogP contribution in [0.15, 0.2) is 47.1 Å². The highest BCUT2D eigenvalue weighted by Crippen LogP contribution is 2.29. The molecule has 25 heavy (non-hydrogen) atoms. The molecule has 4 aromatic rings. The van der Waals surface area contributed by atoms with Crippen molar-refractivity contribution in [2.24, 2.45) is 7.05 Å². The molecule has 0 unspecified atom stereocenters. The average molecular weight is 334 g/mol. The minimum absolute atomic E-state index is 0.0496. The molecule has 0 fully saturated rings. The van der Waals surface area contributed by atoms with Gasteiger partial charge in [0.1, 0.15) is 11.2 Å². The van der Waals surface area contributed by atoms with Gasteiger partial charge in [-0.1, -0.05) is 6.07 Å². The van der Waals surface area contributed by atoms with E-state index in [1.807, 2.05) is 43.0 Å². The lowest BCUT2D eigenvalue weighted by Gasteiger charge is -2.00. The van der Waals surface area contributed by atoms with E-state index in [0.29, 0.717) is 22.6 Å². The molecule has 3 aromatic heterocycles. The fourth-order valence-corrected chi connectivity index (χ4v) is 2.68. The summed E-state index contributed by atoms with van der Waals surface area (Å²) in [4.78, 5) is 19.4. The van der Waals surface area contributed by atoms with E-state index in [2.05, 4.69) is 15.1 Å². The summed E-state index contributed by atoms with van der Waals surface area (Å²) in [5.74, 6) is -0.729. The number of carbonyl (C=O) groups is 1. The summed E-state index contributed by atoms with van der Waals surface area (Å²) < 4.78 is 7.58. The quantitative estimate of drug-likeness (QED) is 0.618. The number of nitrogens with zero attached hydrogens (tertiary/aromatic N) is 4. The molecule has 124 valence electrons. The molecule has 4 rings (SSSR count). The zero-order chi connectivity index (χ0) is 17.6. The van der Waals surface area contributed by atoms with Crippen LogP contribution in [-0.2, 0) is 7.05 Å². The Kier molecular flexibility index (Phi) is 3.35. The molecule has 0 aliphatic rings. The Labute approximate surface area is 142 Å². The van der Waals surface area contributed by atoms with Gasteiger partial charge in [-0.15, -0.1) is 0 Å². The topological polar surface area (TPSA) is 94.0 Å². The normalized spacial score (nSPS) is 11.1. The molecule has 0 aliphatic heterocycles. The Morgan fingerprint density at radius 3 is 2.76 bits per heavy atom. The van der Waals surface area contributed by atoms with Crippen LogP contribution < -0.4 is 0 Å². The molecule has 3 heterocycles. The van der Waals surface area contributed by atoms with Crippen molar-refractivity contribution in [3.63, 3.8) is 0 Å². The second-order valence-corrected chi connectivity index (χ2v) is 5.70. The summed E-state index contributed by atoms with van der Waals surface area (Å²) in [7, 11) is 1.90. The lowest BCUT2D eigenvalue weighted by Crippen LogP contribution is -1.99. The van der Waals surface area contributed by atoms with Crippen LogP contribution in [0.25, 0.3) is 33.7 Å². The number of fused-ring (bicyclic) bond motifs is 1. The summed E-state index contributed by atoms with van der Waals surface area (Å²) in [5, 5.41) is 13.3. The van der Waals surface area contributed by atoms with Gasteiger partial charge in [0.25, 0.3) is 0 Å². The summed E-state index contributed by atoms with van der Waals surface area (Å²) >= 11 is 0. The number of benzene rings is 1. The van der Waals surface area contributed by atoms with Gasteiger partial charge in [-0.2, -0.15) is 5.10 Å². The molecule has 0 saturated carbocycles. The maximum absolute atomic E-state index is 11.1. The van der Waals surface area contributed by atoms with E-state index in [9.17, 15) is 4.79 Å². The average Bonchev–Trinajstić information content (AvgIpc) is 3.18. The Hall–Kier alpha value is -3.48. The SMILES string of the molecule is Cc1c(-c2ccc3oc(-c4ccnc(C(=O)O)c4)nc3c2)cnn1C. The zero-order valence-corrected chi connectivity index (χ0v) is 13.6. The molecule has 0 saturated heterocycles. The van der Waals surface area contributed by atoms with Crippen LogP contribution >= 0.6 is 0 Å². The zero-order valence-electron chi connectivity index (χ0n) is 13.6. The monoisotopic (exact) mass is 334 g/mol. The number of hydrogen-bond donors (Lipinski definition) is 1. The molecule has 0 radical (unpaired) electrons. The Balaban J connectivity index is 1.80. The van der Waals surface area contributed by atoms with Gasteiger partial charge in [-0.3, -0.25) is 4.68 Å². The number of aromatic nitrogens is 4. The fraction of sp³-hybridized carbons (Fsp3) is 0.111. The maximum Gasteiger partial charge on any atom is 0.354 e. The first-order valence-electron chi connectivity index (χ1n) is 7.62. The number of oxazole rings is 1. The van der Waals surface area contributed by atoms with Crippen LogP contribution in [0.2, 0.25) is 0 Å². The molecule has 0 aliphatic carbocycles. The first kappa shape index (κ1) is 15.1. The van der Waals surface area contributed by atoms with E-state index in [4.69, 9.17) is 9.52 Å². The third-order valence-corrected chi connectivity index (χ3v) is 4.16. The third-order valence-electron chi connectivity index (χ3n) is 4.16. The van der Waals surface area contributed by atoms with Crippen LogP contribution in [0.5, 0.6) is 0 Å². The summed E-state index contributed by atoms with van der Waals surface area (Å²) in [5.41, 5.74) is 4.95. The predicted octanol–water partition coefficient (Wildman–Crippen LogP) is 3.30. The number of carboxylic acids is 1. The first-order valence-corrected chi connectivity index (χ1v) is 7.62. The minimum atomic E-state index is -1.09. The summed E-state index contributed by atoms with van der Waals surface area (Å²) in [6.07, 6.45) is 3.25. The number of pyridine rings is 1. The van der Waals surface area contributed by atoms with Crippen molar-refractivity contribution >= 4 is 17.1 Å². The predicted molar refractivity (Wildman–Crippen MR) is 91.1 cm³/mol. The molecule has 1 aromatic carbocycles. The summed E-state index contributed by atoms with van der Waals surface area (Å²) in [6.45, 7) is 2.01. The maximum atomic E-state index is 11.1. The molecule has 0 spiro atoms. The smallest absolute Gasteiger partial charge is 0.354 e. The molecular formula is C18H14N4O3. The van der Waals surface area contributed by atoms with Gasteiger partial charge in [0.15, 0.2) is 5.58 Å². The minimum Gasteiger partial charge on any atom is -0.477 e. The van der Waals surface area contributed by atoms with E-state index in [1.54, 1.807) is 6.07 Å². The fourth-order valence-electron chi connectivity index (χ4n) is 2.68. The van der Waals surface area contributed by atoms with E-state index >= 15 is 0 Å². The van der Waals surface area contributed by atoms with Gasteiger partial charge < -0.3 is 9.52 Å². The molecule has 7 heteroatoms.